The monoisotopic (exact) mass is 346 g/mol. The zero-order valence-corrected chi connectivity index (χ0v) is 13.6. The number of benzene rings is 1. The van der Waals surface area contributed by atoms with Crippen molar-refractivity contribution in [2.24, 2.45) is 0 Å². The first-order chi connectivity index (χ1) is 11.2. The summed E-state index contributed by atoms with van der Waals surface area (Å²) in [5.74, 6) is -0.449. The number of carbonyl (C=O) groups is 1. The van der Waals surface area contributed by atoms with Gasteiger partial charge in [0.25, 0.3) is 0 Å². The second kappa shape index (κ2) is 7.71. The van der Waals surface area contributed by atoms with Crippen LogP contribution in [0.5, 0.6) is 5.75 Å². The molecule has 1 fully saturated rings. The molecule has 1 atom stereocenters. The van der Waals surface area contributed by atoms with E-state index in [1.165, 1.54) is 18.2 Å². The SMILES string of the molecule is CN1CCN(C)C(CNC(=O)Nc2ccccc2OC(F)(F)F)C1. The fourth-order valence-corrected chi connectivity index (χ4v) is 2.48. The number of nitrogens with one attached hydrogen (secondary N) is 2. The number of piperazine rings is 1. The quantitative estimate of drug-likeness (QED) is 0.875. The summed E-state index contributed by atoms with van der Waals surface area (Å²) in [4.78, 5) is 16.3. The zero-order chi connectivity index (χ0) is 17.7. The molecule has 1 aromatic carbocycles. The van der Waals surface area contributed by atoms with Crippen LogP contribution in [0.25, 0.3) is 0 Å². The van der Waals surface area contributed by atoms with E-state index in [0.29, 0.717) is 6.54 Å². The first-order valence-corrected chi connectivity index (χ1v) is 7.53. The Morgan fingerprint density at radius 2 is 2.00 bits per heavy atom. The summed E-state index contributed by atoms with van der Waals surface area (Å²) in [6, 6.07) is 4.99. The van der Waals surface area contributed by atoms with Crippen molar-refractivity contribution in [3.8, 4) is 5.75 Å². The van der Waals surface area contributed by atoms with Crippen molar-refractivity contribution in [3.63, 3.8) is 0 Å². The van der Waals surface area contributed by atoms with E-state index < -0.39 is 18.1 Å². The molecular weight excluding hydrogens is 325 g/mol. The molecule has 2 N–H and O–H groups in total. The van der Waals surface area contributed by atoms with Gasteiger partial charge in [0.2, 0.25) is 0 Å². The van der Waals surface area contributed by atoms with Crippen molar-refractivity contribution in [2.45, 2.75) is 12.4 Å². The van der Waals surface area contributed by atoms with Crippen molar-refractivity contribution < 1.29 is 22.7 Å². The van der Waals surface area contributed by atoms with Gasteiger partial charge < -0.3 is 20.3 Å². The van der Waals surface area contributed by atoms with E-state index in [2.05, 4.69) is 25.2 Å². The third kappa shape index (κ3) is 5.57. The zero-order valence-electron chi connectivity index (χ0n) is 13.6. The highest BCUT2D eigenvalue weighted by atomic mass is 19.4. The molecule has 134 valence electrons. The van der Waals surface area contributed by atoms with Crippen molar-refractivity contribution in [1.82, 2.24) is 15.1 Å². The average Bonchev–Trinajstić information content (AvgIpc) is 2.49. The summed E-state index contributed by atoms with van der Waals surface area (Å²) in [7, 11) is 3.98. The number of para-hydroxylation sites is 2. The summed E-state index contributed by atoms with van der Waals surface area (Å²) in [6.07, 6.45) is -4.82. The van der Waals surface area contributed by atoms with Crippen LogP contribution in [0, 0.1) is 0 Å². The molecule has 0 aliphatic carbocycles. The number of halogens is 3. The van der Waals surface area contributed by atoms with E-state index >= 15 is 0 Å². The first kappa shape index (κ1) is 18.3. The first-order valence-electron chi connectivity index (χ1n) is 7.53. The van der Waals surface area contributed by atoms with E-state index in [1.54, 1.807) is 0 Å². The maximum absolute atomic E-state index is 12.4. The Morgan fingerprint density at radius 3 is 2.71 bits per heavy atom. The van der Waals surface area contributed by atoms with Gasteiger partial charge in [-0.1, -0.05) is 12.1 Å². The van der Waals surface area contributed by atoms with Crippen LogP contribution in [0.4, 0.5) is 23.7 Å². The Bertz CT molecular complexity index is 568. The molecule has 9 heteroatoms. The van der Waals surface area contributed by atoms with Crippen LogP contribution in [0.2, 0.25) is 0 Å². The predicted octanol–water partition coefficient (Wildman–Crippen LogP) is 1.95. The van der Waals surface area contributed by atoms with Gasteiger partial charge in [-0.25, -0.2) is 4.79 Å². The van der Waals surface area contributed by atoms with Crippen molar-refractivity contribution in [1.29, 1.82) is 0 Å². The molecule has 0 spiro atoms. The Hall–Kier alpha value is -2.00. The van der Waals surface area contributed by atoms with E-state index in [4.69, 9.17) is 0 Å². The Morgan fingerprint density at radius 1 is 1.29 bits per heavy atom. The largest absolute Gasteiger partial charge is 0.573 e. The number of alkyl halides is 3. The Labute approximate surface area is 138 Å². The minimum Gasteiger partial charge on any atom is -0.404 e. The van der Waals surface area contributed by atoms with E-state index in [0.717, 1.165) is 25.7 Å². The lowest BCUT2D eigenvalue weighted by Gasteiger charge is -2.37. The molecule has 2 amide bonds. The number of ether oxygens (including phenoxy) is 1. The van der Waals surface area contributed by atoms with Crippen molar-refractivity contribution in [3.05, 3.63) is 24.3 Å². The number of likely N-dealkylation sites (N-methyl/N-ethyl adjacent to an activating group) is 2. The summed E-state index contributed by atoms with van der Waals surface area (Å²) in [5, 5.41) is 5.08. The molecular formula is C15H21F3N4O2. The summed E-state index contributed by atoms with van der Waals surface area (Å²) >= 11 is 0. The molecule has 24 heavy (non-hydrogen) atoms. The van der Waals surface area contributed by atoms with Gasteiger partial charge in [-0.2, -0.15) is 0 Å². The van der Waals surface area contributed by atoms with Crippen molar-refractivity contribution >= 4 is 11.7 Å². The second-order valence-electron chi connectivity index (χ2n) is 5.78. The van der Waals surface area contributed by atoms with E-state index in [-0.39, 0.29) is 11.7 Å². The lowest BCUT2D eigenvalue weighted by Crippen LogP contribution is -2.54. The van der Waals surface area contributed by atoms with Crippen LogP contribution < -0.4 is 15.4 Å². The van der Waals surface area contributed by atoms with Gasteiger partial charge in [0.15, 0.2) is 5.75 Å². The summed E-state index contributed by atoms with van der Waals surface area (Å²) in [6.45, 7) is 3.06. The van der Waals surface area contributed by atoms with Crippen LogP contribution in [-0.4, -0.2) is 68.5 Å². The molecule has 1 saturated heterocycles. The number of amides is 2. The molecule has 0 aromatic heterocycles. The minimum absolute atomic E-state index is 0.0403. The predicted molar refractivity (Wildman–Crippen MR) is 84.1 cm³/mol. The topological polar surface area (TPSA) is 56.8 Å². The molecule has 1 heterocycles. The van der Waals surface area contributed by atoms with Gasteiger partial charge in [-0.15, -0.1) is 13.2 Å². The smallest absolute Gasteiger partial charge is 0.404 e. The average molecular weight is 346 g/mol. The van der Waals surface area contributed by atoms with E-state index in [1.807, 2.05) is 14.1 Å². The van der Waals surface area contributed by atoms with Gasteiger partial charge in [-0.3, -0.25) is 4.90 Å². The second-order valence-corrected chi connectivity index (χ2v) is 5.78. The maximum Gasteiger partial charge on any atom is 0.573 e. The standard InChI is InChI=1S/C15H21F3N4O2/c1-21-7-8-22(2)11(10-21)9-19-14(23)20-12-5-3-4-6-13(12)24-15(16,17)18/h3-6,11H,7-10H2,1-2H3,(H2,19,20,23). The van der Waals surface area contributed by atoms with Gasteiger partial charge in [0.1, 0.15) is 0 Å². The van der Waals surface area contributed by atoms with Crippen LogP contribution in [0.15, 0.2) is 24.3 Å². The van der Waals surface area contributed by atoms with Crippen molar-refractivity contribution in [2.75, 3.05) is 45.6 Å². The number of hydrogen-bond acceptors (Lipinski definition) is 4. The summed E-state index contributed by atoms with van der Waals surface area (Å²) < 4.78 is 41.0. The van der Waals surface area contributed by atoms with Gasteiger partial charge >= 0.3 is 12.4 Å². The Balaban J connectivity index is 1.90. The van der Waals surface area contributed by atoms with Gasteiger partial charge in [0.05, 0.1) is 5.69 Å². The van der Waals surface area contributed by atoms with Crippen LogP contribution in [0.3, 0.4) is 0 Å². The van der Waals surface area contributed by atoms with Crippen LogP contribution in [-0.2, 0) is 0 Å². The number of rotatable bonds is 4. The van der Waals surface area contributed by atoms with Gasteiger partial charge in [0, 0.05) is 32.2 Å². The fourth-order valence-electron chi connectivity index (χ4n) is 2.48. The highest BCUT2D eigenvalue weighted by molar-refractivity contribution is 5.90. The third-order valence-corrected chi connectivity index (χ3v) is 3.84. The molecule has 6 nitrogen and oxygen atoms in total. The Kier molecular flexibility index (Phi) is 5.89. The fraction of sp³-hybridized carbons (Fsp3) is 0.533. The molecule has 1 aromatic rings. The number of carbonyl (C=O) groups excluding carboxylic acids is 1. The van der Waals surface area contributed by atoms with Gasteiger partial charge in [-0.05, 0) is 26.2 Å². The molecule has 0 saturated carbocycles. The molecule has 1 aliphatic rings. The molecule has 2 rings (SSSR count). The molecule has 0 bridgehead atoms. The summed E-state index contributed by atoms with van der Waals surface area (Å²) in [5.41, 5.74) is -0.0403. The maximum atomic E-state index is 12.4. The number of anilines is 1. The number of hydrogen-bond donors (Lipinski definition) is 2. The highest BCUT2D eigenvalue weighted by Crippen LogP contribution is 2.29. The van der Waals surface area contributed by atoms with Crippen LogP contribution in [0.1, 0.15) is 0 Å². The normalized spacial score (nSPS) is 19.8. The number of urea groups is 1. The number of nitrogens with zero attached hydrogens (tertiary/aromatic N) is 2. The molecule has 0 radical (unpaired) electrons. The molecule has 1 aliphatic heterocycles. The lowest BCUT2D eigenvalue weighted by molar-refractivity contribution is -0.274. The lowest BCUT2D eigenvalue weighted by atomic mass is 10.2. The van der Waals surface area contributed by atoms with E-state index in [9.17, 15) is 18.0 Å². The third-order valence-electron chi connectivity index (χ3n) is 3.84. The molecule has 1 unspecified atom stereocenters. The van der Waals surface area contributed by atoms with Crippen LogP contribution >= 0.6 is 0 Å². The minimum atomic E-state index is -4.82. The highest BCUT2D eigenvalue weighted by Gasteiger charge is 2.32.